The molecule has 9 heteroatoms. The monoisotopic (exact) mass is 374 g/mol. The number of anilines is 1. The zero-order valence-corrected chi connectivity index (χ0v) is 11.6. The number of thiol groups is 1. The average Bonchev–Trinajstić information content (AvgIpc) is 2.80. The molecule has 2 rings (SSSR count). The molecule has 1 saturated heterocycles. The third-order valence-electron chi connectivity index (χ3n) is 2.24. The summed E-state index contributed by atoms with van der Waals surface area (Å²) in [4.78, 5) is 15.2. The second kappa shape index (κ2) is 5.50. The molecule has 1 aromatic rings. The Hall–Kier alpha value is -0.390. The van der Waals surface area contributed by atoms with E-state index in [1.807, 2.05) is 0 Å². The van der Waals surface area contributed by atoms with Crippen LogP contribution in [0, 0.1) is 5.82 Å². The summed E-state index contributed by atoms with van der Waals surface area (Å²) in [6, 6.07) is 0. The van der Waals surface area contributed by atoms with Crippen molar-refractivity contribution in [2.24, 2.45) is 0 Å². The van der Waals surface area contributed by atoms with Crippen molar-refractivity contribution in [1.82, 2.24) is 9.55 Å². The lowest BCUT2D eigenvalue weighted by atomic mass is 10.5. The van der Waals surface area contributed by atoms with Gasteiger partial charge in [-0.05, 0) is 0 Å². The van der Waals surface area contributed by atoms with Gasteiger partial charge in [-0.3, -0.25) is 4.57 Å². The van der Waals surface area contributed by atoms with Crippen LogP contribution in [0.4, 0.5) is 10.2 Å². The smallest absolute Gasteiger partial charge is 0.352 e. The van der Waals surface area contributed by atoms with Gasteiger partial charge < -0.3 is 13.4 Å². The van der Waals surface area contributed by atoms with E-state index in [2.05, 4.69) is 8.51 Å². The third-order valence-corrected chi connectivity index (χ3v) is 3.97. The Balaban J connectivity index is 2.28. The van der Waals surface area contributed by atoms with Crippen molar-refractivity contribution in [3.8, 4) is 0 Å². The fourth-order valence-electron chi connectivity index (χ4n) is 1.45. The van der Waals surface area contributed by atoms with Crippen LogP contribution in [0.5, 0.6) is 0 Å². The number of aliphatic hydroxyl groups is 1. The molecule has 1 fully saturated rings. The number of hydrogen-bond acceptors (Lipinski definition) is 5. The fourth-order valence-corrected chi connectivity index (χ4v) is 2.85. The first-order chi connectivity index (χ1) is 8.15. The van der Waals surface area contributed by atoms with E-state index in [1.54, 1.807) is 22.9 Å². The van der Waals surface area contributed by atoms with Gasteiger partial charge in [0.25, 0.3) is 0 Å². The van der Waals surface area contributed by atoms with Crippen LogP contribution in [-0.4, -0.2) is 32.5 Å². The minimum atomic E-state index is -0.619. The van der Waals surface area contributed by atoms with E-state index in [9.17, 15) is 9.18 Å². The third kappa shape index (κ3) is 2.72. The average molecular weight is 374 g/mol. The molecule has 2 N–H and O–H groups in total. The van der Waals surface area contributed by atoms with Gasteiger partial charge in [0, 0.05) is 11.8 Å². The van der Waals surface area contributed by atoms with Crippen molar-refractivity contribution in [3.05, 3.63) is 22.5 Å². The van der Waals surface area contributed by atoms with Crippen LogP contribution in [0.15, 0.2) is 11.0 Å². The number of aromatic nitrogens is 2. The van der Waals surface area contributed by atoms with Crippen LogP contribution in [0.2, 0.25) is 0 Å². The predicted octanol–water partition coefficient (Wildman–Crippen LogP) is -0.194. The van der Waals surface area contributed by atoms with Crippen molar-refractivity contribution in [2.75, 3.05) is 15.9 Å². The molecule has 1 aliphatic heterocycles. The molecule has 94 valence electrons. The van der Waals surface area contributed by atoms with Crippen LogP contribution in [0.25, 0.3) is 0 Å². The zero-order valence-electron chi connectivity index (χ0n) is 8.51. The number of ether oxygens (including phenoxy) is 1. The maximum absolute atomic E-state index is 13.5. The van der Waals surface area contributed by atoms with Crippen molar-refractivity contribution in [1.29, 1.82) is 0 Å². The second-order valence-electron chi connectivity index (χ2n) is 3.31. The Morgan fingerprint density at radius 2 is 2.59 bits per heavy atom. The number of hydrogen-bond donors (Lipinski definition) is 2. The van der Waals surface area contributed by atoms with Gasteiger partial charge in [0.1, 0.15) is 6.61 Å². The van der Waals surface area contributed by atoms with Crippen LogP contribution in [0.1, 0.15) is 6.23 Å². The van der Waals surface area contributed by atoms with Crippen molar-refractivity contribution in [2.45, 2.75) is 11.7 Å². The van der Waals surface area contributed by atoms with E-state index >= 15 is 0 Å². The molecule has 6 nitrogen and oxygen atoms in total. The summed E-state index contributed by atoms with van der Waals surface area (Å²) in [6.45, 7) is -0.115. The van der Waals surface area contributed by atoms with Crippen molar-refractivity contribution >= 4 is 40.4 Å². The minimum Gasteiger partial charge on any atom is -0.388 e. The van der Waals surface area contributed by atoms with E-state index in [-0.39, 0.29) is 17.9 Å². The molecule has 0 bridgehead atoms. The summed E-state index contributed by atoms with van der Waals surface area (Å²) in [5.41, 5.74) is -0.901. The summed E-state index contributed by atoms with van der Waals surface area (Å²) >= 11 is 2.58. The van der Waals surface area contributed by atoms with Gasteiger partial charge in [-0.25, -0.2) is 9.18 Å². The molecule has 17 heavy (non-hydrogen) atoms. The Labute approximate surface area is 114 Å². The van der Waals surface area contributed by atoms with Crippen LogP contribution >= 0.6 is 22.9 Å². The quantitative estimate of drug-likeness (QED) is 0.332. The normalized spacial score (nSPS) is 23.9. The zero-order chi connectivity index (χ0) is 12.4. The highest BCUT2D eigenvalue weighted by atomic mass is 127. The SMILES string of the molecule is O=c1nc(NI)c(F)cn1[C@@H]1C[SH+][C@H](CO)O1. The molecule has 0 spiro atoms. The van der Waals surface area contributed by atoms with Crippen molar-refractivity contribution < 1.29 is 14.2 Å². The van der Waals surface area contributed by atoms with Crippen LogP contribution in [-0.2, 0) is 16.5 Å². The Bertz CT molecular complexity index is 472. The molecule has 2 atom stereocenters. The minimum absolute atomic E-state index is 0.0962. The van der Waals surface area contributed by atoms with E-state index in [0.29, 0.717) is 5.75 Å². The molecule has 1 aromatic heterocycles. The highest BCUT2D eigenvalue weighted by Crippen LogP contribution is 2.20. The molecular formula is C8H10FIN3O3S+. The molecule has 2 heterocycles. The maximum Gasteiger partial charge on any atom is 0.352 e. The standard InChI is InChI=1S/C8H9FIN3O3S/c9-4-1-13(8(15)11-7(4)12-10)5-3-17-6(2-14)16-5/h1,5-6,14H,2-3H2,(H,11,12,15)/p+1/t5-,6+/m0/s1. The fraction of sp³-hybridized carbons (Fsp3) is 0.500. The Morgan fingerprint density at radius 3 is 3.18 bits per heavy atom. The molecular weight excluding hydrogens is 364 g/mol. The number of halogens is 2. The highest BCUT2D eigenvalue weighted by Gasteiger charge is 2.34. The topological polar surface area (TPSA) is 76.4 Å². The van der Waals surface area contributed by atoms with Gasteiger partial charge >= 0.3 is 5.69 Å². The second-order valence-corrected chi connectivity index (χ2v) is 5.16. The number of aliphatic hydroxyl groups excluding tert-OH is 1. The molecule has 0 saturated carbocycles. The molecule has 0 radical (unpaired) electrons. The predicted molar refractivity (Wildman–Crippen MR) is 70.7 cm³/mol. The van der Waals surface area contributed by atoms with Crippen LogP contribution in [0.3, 0.4) is 0 Å². The van der Waals surface area contributed by atoms with E-state index in [4.69, 9.17) is 9.84 Å². The largest absolute Gasteiger partial charge is 0.388 e. The van der Waals surface area contributed by atoms with Gasteiger partial charge in [-0.1, -0.05) is 0 Å². The molecule has 0 unspecified atom stereocenters. The van der Waals surface area contributed by atoms with Gasteiger partial charge in [0.05, 0.1) is 29.1 Å². The van der Waals surface area contributed by atoms with E-state index in [1.165, 1.54) is 0 Å². The lowest BCUT2D eigenvalue weighted by molar-refractivity contribution is -0.00694. The Kier molecular flexibility index (Phi) is 4.22. The van der Waals surface area contributed by atoms with Gasteiger partial charge in [-0.2, -0.15) is 4.98 Å². The highest BCUT2D eigenvalue weighted by molar-refractivity contribution is 14.1. The van der Waals surface area contributed by atoms with E-state index in [0.717, 1.165) is 22.5 Å². The van der Waals surface area contributed by atoms with Gasteiger partial charge in [0.15, 0.2) is 23.6 Å². The van der Waals surface area contributed by atoms with Gasteiger partial charge in [0.2, 0.25) is 5.44 Å². The molecule has 0 aromatic carbocycles. The molecule has 0 amide bonds. The van der Waals surface area contributed by atoms with Gasteiger partial charge in [-0.15, -0.1) is 0 Å². The summed E-state index contributed by atoms with van der Waals surface area (Å²) in [5.74, 6) is -0.184. The summed E-state index contributed by atoms with van der Waals surface area (Å²) < 4.78 is 22.4. The lowest BCUT2D eigenvalue weighted by Gasteiger charge is -2.11. The Morgan fingerprint density at radius 1 is 1.82 bits per heavy atom. The summed E-state index contributed by atoms with van der Waals surface area (Å²) in [7, 11) is 0. The lowest BCUT2D eigenvalue weighted by Crippen LogP contribution is -2.29. The first-order valence-corrected chi connectivity index (χ1v) is 6.96. The van der Waals surface area contributed by atoms with Crippen LogP contribution < -0.4 is 9.22 Å². The summed E-state index contributed by atoms with van der Waals surface area (Å²) in [5, 5.41) is 8.92. The maximum atomic E-state index is 13.5. The molecule has 0 aliphatic carbocycles. The van der Waals surface area contributed by atoms with E-state index < -0.39 is 17.7 Å². The summed E-state index contributed by atoms with van der Waals surface area (Å²) in [6.07, 6.45) is 0.502. The number of rotatable bonds is 3. The number of nitrogens with zero attached hydrogens (tertiary/aromatic N) is 2. The first-order valence-electron chi connectivity index (χ1n) is 4.74. The number of nitrogens with one attached hydrogen (secondary N) is 1. The first kappa shape index (κ1) is 13.1. The van der Waals surface area contributed by atoms with Crippen molar-refractivity contribution in [3.63, 3.8) is 0 Å². The molecule has 1 aliphatic rings.